The number of aryl methyl sites for hydroxylation is 1. The average molecular weight is 348 g/mol. The smallest absolute Gasteiger partial charge is 0.339 e. The fraction of sp³-hybridized carbons (Fsp3) is 0.333. The first-order valence-corrected chi connectivity index (χ1v) is 8.32. The number of hydrogen-bond acceptors (Lipinski definition) is 3. The molecule has 1 amide bonds. The van der Waals surface area contributed by atoms with E-state index in [2.05, 4.69) is 0 Å². The lowest BCUT2D eigenvalue weighted by Gasteiger charge is -2.24. The third kappa shape index (κ3) is 2.91. The summed E-state index contributed by atoms with van der Waals surface area (Å²) >= 11 is 6.27. The third-order valence-electron chi connectivity index (χ3n) is 4.35. The topological polar surface area (TPSA) is 70.8 Å². The van der Waals surface area contributed by atoms with Gasteiger partial charge in [0, 0.05) is 24.1 Å². The van der Waals surface area contributed by atoms with Gasteiger partial charge in [-0.3, -0.25) is 4.79 Å². The molecule has 1 aliphatic rings. The van der Waals surface area contributed by atoms with Gasteiger partial charge in [0.15, 0.2) is 5.76 Å². The number of carbonyl (C=O) groups is 2. The first-order chi connectivity index (χ1) is 11.5. The van der Waals surface area contributed by atoms with Crippen LogP contribution in [0, 0.1) is 0 Å². The molecule has 3 rings (SSSR count). The van der Waals surface area contributed by atoms with Gasteiger partial charge in [0.25, 0.3) is 5.91 Å². The molecule has 1 saturated heterocycles. The average Bonchev–Trinajstić information content (AvgIpc) is 3.21. The van der Waals surface area contributed by atoms with E-state index >= 15 is 0 Å². The van der Waals surface area contributed by atoms with Crippen molar-refractivity contribution in [1.82, 2.24) is 4.90 Å². The lowest BCUT2D eigenvalue weighted by Crippen LogP contribution is -2.30. The second kappa shape index (κ2) is 6.69. The Hall–Kier alpha value is -2.27. The van der Waals surface area contributed by atoms with Gasteiger partial charge in [0.05, 0.1) is 6.04 Å². The van der Waals surface area contributed by atoms with E-state index < -0.39 is 5.97 Å². The Morgan fingerprint density at radius 1 is 1.38 bits per heavy atom. The third-order valence-corrected chi connectivity index (χ3v) is 4.69. The molecule has 0 radical (unpaired) electrons. The van der Waals surface area contributed by atoms with E-state index in [0.717, 1.165) is 18.4 Å². The second-order valence-electron chi connectivity index (χ2n) is 5.78. The molecule has 2 heterocycles. The van der Waals surface area contributed by atoms with Crippen molar-refractivity contribution in [3.05, 3.63) is 58.0 Å². The van der Waals surface area contributed by atoms with Crippen LogP contribution in [0.25, 0.3) is 0 Å². The maximum atomic E-state index is 12.8. The molecule has 5 nitrogen and oxygen atoms in total. The van der Waals surface area contributed by atoms with Crippen LogP contribution in [-0.2, 0) is 6.42 Å². The maximum Gasteiger partial charge on any atom is 0.339 e. The van der Waals surface area contributed by atoms with Gasteiger partial charge in [-0.25, -0.2) is 4.79 Å². The van der Waals surface area contributed by atoms with Crippen LogP contribution in [0.4, 0.5) is 0 Å². The van der Waals surface area contributed by atoms with E-state index in [1.165, 1.54) is 6.07 Å². The zero-order valence-electron chi connectivity index (χ0n) is 13.3. The van der Waals surface area contributed by atoms with Gasteiger partial charge in [0.1, 0.15) is 11.3 Å². The van der Waals surface area contributed by atoms with Crippen LogP contribution in [0.15, 0.2) is 34.7 Å². The van der Waals surface area contributed by atoms with Crippen molar-refractivity contribution in [1.29, 1.82) is 0 Å². The number of carbonyl (C=O) groups excluding carboxylic acids is 1. The highest BCUT2D eigenvalue weighted by Crippen LogP contribution is 2.36. The molecule has 6 heteroatoms. The van der Waals surface area contributed by atoms with Crippen molar-refractivity contribution in [3.63, 3.8) is 0 Å². The molecule has 1 fully saturated rings. The zero-order valence-corrected chi connectivity index (χ0v) is 14.0. The van der Waals surface area contributed by atoms with Crippen molar-refractivity contribution >= 4 is 23.5 Å². The molecule has 126 valence electrons. The quantitative estimate of drug-likeness (QED) is 0.901. The van der Waals surface area contributed by atoms with Crippen LogP contribution < -0.4 is 0 Å². The number of halogens is 1. The SMILES string of the molecule is CCc1oc(C(=O)N2CCCC2c2ccccc2Cl)cc1C(=O)O. The Morgan fingerprint density at radius 2 is 2.12 bits per heavy atom. The monoisotopic (exact) mass is 347 g/mol. The molecular weight excluding hydrogens is 330 g/mol. The highest BCUT2D eigenvalue weighted by Gasteiger charge is 2.34. The highest BCUT2D eigenvalue weighted by atomic mass is 35.5. The summed E-state index contributed by atoms with van der Waals surface area (Å²) in [6.07, 6.45) is 2.11. The zero-order chi connectivity index (χ0) is 17.3. The molecule has 1 aliphatic heterocycles. The largest absolute Gasteiger partial charge is 0.478 e. The lowest BCUT2D eigenvalue weighted by molar-refractivity contribution is 0.0687. The molecule has 0 saturated carbocycles. The van der Waals surface area contributed by atoms with Crippen molar-refractivity contribution < 1.29 is 19.1 Å². The molecular formula is C18H18ClNO4. The van der Waals surface area contributed by atoms with E-state index in [-0.39, 0.29) is 23.3 Å². The van der Waals surface area contributed by atoms with Gasteiger partial charge >= 0.3 is 5.97 Å². The van der Waals surface area contributed by atoms with Crippen LogP contribution >= 0.6 is 11.6 Å². The Bertz CT molecular complexity index is 783. The Morgan fingerprint density at radius 3 is 2.75 bits per heavy atom. The summed E-state index contributed by atoms with van der Waals surface area (Å²) in [5.41, 5.74) is 0.958. The number of carboxylic acids is 1. The molecule has 0 aliphatic carbocycles. The summed E-state index contributed by atoms with van der Waals surface area (Å²) in [6.45, 7) is 2.39. The maximum absolute atomic E-state index is 12.8. The summed E-state index contributed by atoms with van der Waals surface area (Å²) in [6, 6.07) is 8.68. The molecule has 0 spiro atoms. The van der Waals surface area contributed by atoms with Gasteiger partial charge in [-0.15, -0.1) is 0 Å². The van der Waals surface area contributed by atoms with Crippen molar-refractivity contribution in [3.8, 4) is 0 Å². The van der Waals surface area contributed by atoms with E-state index in [1.807, 2.05) is 24.3 Å². The van der Waals surface area contributed by atoms with Crippen LogP contribution in [0.3, 0.4) is 0 Å². The molecule has 2 aromatic rings. The van der Waals surface area contributed by atoms with Gasteiger partial charge in [-0.05, 0) is 24.5 Å². The first-order valence-electron chi connectivity index (χ1n) is 7.94. The number of likely N-dealkylation sites (tertiary alicyclic amines) is 1. The van der Waals surface area contributed by atoms with Crippen molar-refractivity contribution in [2.75, 3.05) is 6.54 Å². The van der Waals surface area contributed by atoms with Crippen molar-refractivity contribution in [2.24, 2.45) is 0 Å². The number of hydrogen-bond donors (Lipinski definition) is 1. The number of furan rings is 1. The molecule has 1 aromatic carbocycles. The summed E-state index contributed by atoms with van der Waals surface area (Å²) in [5.74, 6) is -0.985. The number of rotatable bonds is 4. The lowest BCUT2D eigenvalue weighted by atomic mass is 10.0. The predicted octanol–water partition coefficient (Wildman–Crippen LogP) is 4.17. The normalized spacial score (nSPS) is 17.2. The number of amides is 1. The molecule has 1 unspecified atom stereocenters. The number of nitrogens with zero attached hydrogens (tertiary/aromatic N) is 1. The molecule has 24 heavy (non-hydrogen) atoms. The van der Waals surface area contributed by atoms with Crippen LogP contribution in [0.2, 0.25) is 5.02 Å². The Labute approximate surface area is 144 Å². The van der Waals surface area contributed by atoms with Crippen LogP contribution in [-0.4, -0.2) is 28.4 Å². The molecule has 1 atom stereocenters. The van der Waals surface area contributed by atoms with Gasteiger partial charge in [-0.1, -0.05) is 36.7 Å². The molecule has 0 bridgehead atoms. The minimum absolute atomic E-state index is 0.0503. The summed E-state index contributed by atoms with van der Waals surface area (Å²) < 4.78 is 5.51. The summed E-state index contributed by atoms with van der Waals surface area (Å²) in [4.78, 5) is 25.8. The summed E-state index contributed by atoms with van der Waals surface area (Å²) in [7, 11) is 0. The minimum atomic E-state index is -1.08. The van der Waals surface area contributed by atoms with Gasteiger partial charge in [-0.2, -0.15) is 0 Å². The Balaban J connectivity index is 1.92. The van der Waals surface area contributed by atoms with Gasteiger partial charge < -0.3 is 14.4 Å². The van der Waals surface area contributed by atoms with E-state index in [9.17, 15) is 14.7 Å². The number of benzene rings is 1. The Kier molecular flexibility index (Phi) is 4.62. The second-order valence-corrected chi connectivity index (χ2v) is 6.19. The molecule has 1 aromatic heterocycles. The first kappa shape index (κ1) is 16.6. The van der Waals surface area contributed by atoms with E-state index in [4.69, 9.17) is 16.0 Å². The summed E-state index contributed by atoms with van der Waals surface area (Å²) in [5, 5.41) is 9.85. The van der Waals surface area contributed by atoms with Crippen LogP contribution in [0.1, 0.15) is 58.0 Å². The molecule has 1 N–H and O–H groups in total. The minimum Gasteiger partial charge on any atom is -0.478 e. The number of aromatic carboxylic acids is 1. The van der Waals surface area contributed by atoms with Crippen LogP contribution in [0.5, 0.6) is 0 Å². The van der Waals surface area contributed by atoms with E-state index in [0.29, 0.717) is 23.7 Å². The van der Waals surface area contributed by atoms with E-state index in [1.54, 1.807) is 11.8 Å². The van der Waals surface area contributed by atoms with Gasteiger partial charge in [0.2, 0.25) is 0 Å². The fourth-order valence-corrected chi connectivity index (χ4v) is 3.46. The predicted molar refractivity (Wildman–Crippen MR) is 89.5 cm³/mol. The standard InChI is InChI=1S/C18H18ClNO4/c1-2-15-12(18(22)23)10-16(24-15)17(21)20-9-5-8-14(20)11-6-3-4-7-13(11)19/h3-4,6-7,10,14H,2,5,8-9H2,1H3,(H,22,23). The fourth-order valence-electron chi connectivity index (χ4n) is 3.20. The highest BCUT2D eigenvalue weighted by molar-refractivity contribution is 6.31. The van der Waals surface area contributed by atoms with Crippen molar-refractivity contribution in [2.45, 2.75) is 32.2 Å². The number of carboxylic acid groups (broad SMARTS) is 1.